The number of unbranched alkanes of at least 4 members (excludes halogenated alkanes) is 2. The summed E-state index contributed by atoms with van der Waals surface area (Å²) in [5, 5.41) is 6.73. The number of anilines is 2. The minimum absolute atomic E-state index is 0.301. The molecule has 0 aliphatic heterocycles. The Labute approximate surface area is 146 Å². The van der Waals surface area contributed by atoms with Crippen LogP contribution in [-0.4, -0.2) is 17.4 Å². The Morgan fingerprint density at radius 3 is 2.48 bits per heavy atom. The molecule has 2 aromatic rings. The number of carbonyl (C=O) groups excluding carboxylic acids is 1. The highest BCUT2D eigenvalue weighted by Crippen LogP contribution is 2.30. The molecule has 0 saturated heterocycles. The van der Waals surface area contributed by atoms with E-state index in [1.807, 2.05) is 0 Å². The zero-order chi connectivity index (χ0) is 16.7. The van der Waals surface area contributed by atoms with Gasteiger partial charge in [0.25, 0.3) is 5.91 Å². The second-order valence-corrected chi connectivity index (χ2v) is 5.93. The molecule has 0 fully saturated rings. The summed E-state index contributed by atoms with van der Waals surface area (Å²) in [6.45, 7) is 3.04. The maximum absolute atomic E-state index is 12.2. The molecule has 2 N–H and O–H groups in total. The van der Waals surface area contributed by atoms with E-state index in [0.29, 0.717) is 21.3 Å². The Bertz CT molecular complexity index is 639. The van der Waals surface area contributed by atoms with E-state index < -0.39 is 0 Å². The molecule has 0 saturated carbocycles. The second-order valence-electron chi connectivity index (χ2n) is 5.12. The van der Waals surface area contributed by atoms with Crippen molar-refractivity contribution in [1.82, 2.24) is 4.98 Å². The molecule has 1 aromatic carbocycles. The van der Waals surface area contributed by atoms with Gasteiger partial charge < -0.3 is 10.6 Å². The van der Waals surface area contributed by atoms with Gasteiger partial charge in [0.05, 0.1) is 21.3 Å². The van der Waals surface area contributed by atoms with Gasteiger partial charge in [0.2, 0.25) is 0 Å². The van der Waals surface area contributed by atoms with Crippen LogP contribution in [0.2, 0.25) is 10.0 Å². The van der Waals surface area contributed by atoms with Crippen molar-refractivity contribution in [3.05, 3.63) is 52.1 Å². The van der Waals surface area contributed by atoms with Gasteiger partial charge in [0.1, 0.15) is 5.82 Å². The maximum atomic E-state index is 12.2. The van der Waals surface area contributed by atoms with Crippen LogP contribution in [0.15, 0.2) is 36.5 Å². The molecule has 0 bridgehead atoms. The highest BCUT2D eigenvalue weighted by molar-refractivity contribution is 6.40. The summed E-state index contributed by atoms with van der Waals surface area (Å²) in [5.74, 6) is 0.457. The fourth-order valence-corrected chi connectivity index (χ4v) is 2.52. The molecule has 0 unspecified atom stereocenters. The molecule has 0 atom stereocenters. The summed E-state index contributed by atoms with van der Waals surface area (Å²) in [4.78, 5) is 16.5. The van der Waals surface area contributed by atoms with Crippen molar-refractivity contribution < 1.29 is 4.79 Å². The van der Waals surface area contributed by atoms with E-state index >= 15 is 0 Å². The zero-order valence-corrected chi connectivity index (χ0v) is 14.4. The monoisotopic (exact) mass is 351 g/mol. The van der Waals surface area contributed by atoms with Crippen LogP contribution < -0.4 is 10.6 Å². The summed E-state index contributed by atoms with van der Waals surface area (Å²) in [6.07, 6.45) is 5.00. The lowest BCUT2D eigenvalue weighted by atomic mass is 10.2. The number of hydrogen-bond acceptors (Lipinski definition) is 3. The third-order valence-corrected chi connectivity index (χ3v) is 3.94. The van der Waals surface area contributed by atoms with E-state index in [2.05, 4.69) is 22.5 Å². The van der Waals surface area contributed by atoms with E-state index in [1.165, 1.54) is 19.0 Å². The largest absolute Gasteiger partial charge is 0.370 e. The lowest BCUT2D eigenvalue weighted by molar-refractivity contribution is 0.102. The summed E-state index contributed by atoms with van der Waals surface area (Å²) in [7, 11) is 0. The van der Waals surface area contributed by atoms with Crippen LogP contribution in [0, 0.1) is 0 Å². The summed E-state index contributed by atoms with van der Waals surface area (Å²) >= 11 is 12.1. The van der Waals surface area contributed by atoms with Crippen molar-refractivity contribution in [1.29, 1.82) is 0 Å². The van der Waals surface area contributed by atoms with E-state index in [-0.39, 0.29) is 5.91 Å². The van der Waals surface area contributed by atoms with Crippen LogP contribution in [0.4, 0.5) is 11.5 Å². The number of para-hydroxylation sites is 1. The minimum Gasteiger partial charge on any atom is -0.370 e. The van der Waals surface area contributed by atoms with Crippen LogP contribution >= 0.6 is 23.2 Å². The summed E-state index contributed by atoms with van der Waals surface area (Å²) < 4.78 is 0. The lowest BCUT2D eigenvalue weighted by Crippen LogP contribution is -2.13. The van der Waals surface area contributed by atoms with Crippen LogP contribution in [0.3, 0.4) is 0 Å². The number of rotatable bonds is 7. The predicted molar refractivity (Wildman–Crippen MR) is 96.7 cm³/mol. The van der Waals surface area contributed by atoms with E-state index in [0.717, 1.165) is 18.8 Å². The topological polar surface area (TPSA) is 54.0 Å². The molecule has 122 valence electrons. The SMILES string of the molecule is CCCCCNc1ccc(C(=O)Nc2c(Cl)cccc2Cl)cn1. The van der Waals surface area contributed by atoms with E-state index in [9.17, 15) is 4.79 Å². The Hall–Kier alpha value is -1.78. The molecule has 1 amide bonds. The quantitative estimate of drug-likeness (QED) is 0.670. The van der Waals surface area contributed by atoms with Gasteiger partial charge in [0.15, 0.2) is 0 Å². The van der Waals surface area contributed by atoms with Crippen molar-refractivity contribution in [3.8, 4) is 0 Å². The third kappa shape index (κ3) is 5.12. The smallest absolute Gasteiger partial charge is 0.257 e. The molecular weight excluding hydrogens is 333 g/mol. The first-order chi connectivity index (χ1) is 11.1. The van der Waals surface area contributed by atoms with Gasteiger partial charge >= 0.3 is 0 Å². The van der Waals surface area contributed by atoms with Crippen molar-refractivity contribution >= 4 is 40.6 Å². The number of nitrogens with zero attached hydrogens (tertiary/aromatic N) is 1. The van der Waals surface area contributed by atoms with Crippen molar-refractivity contribution in [2.75, 3.05) is 17.2 Å². The lowest BCUT2D eigenvalue weighted by Gasteiger charge is -2.09. The van der Waals surface area contributed by atoms with Gasteiger partial charge in [-0.05, 0) is 30.7 Å². The Morgan fingerprint density at radius 2 is 1.87 bits per heavy atom. The van der Waals surface area contributed by atoms with Crippen molar-refractivity contribution in [2.24, 2.45) is 0 Å². The number of carbonyl (C=O) groups is 1. The number of aromatic nitrogens is 1. The first-order valence-corrected chi connectivity index (χ1v) is 8.32. The van der Waals surface area contributed by atoms with Crippen LogP contribution in [0.1, 0.15) is 36.5 Å². The Morgan fingerprint density at radius 1 is 1.13 bits per heavy atom. The number of benzene rings is 1. The average molecular weight is 352 g/mol. The number of nitrogens with one attached hydrogen (secondary N) is 2. The van der Waals surface area contributed by atoms with Gasteiger partial charge in [-0.25, -0.2) is 4.98 Å². The molecule has 23 heavy (non-hydrogen) atoms. The van der Waals surface area contributed by atoms with Crippen molar-refractivity contribution in [2.45, 2.75) is 26.2 Å². The maximum Gasteiger partial charge on any atom is 0.257 e. The Balaban J connectivity index is 1.97. The molecular formula is C17H19Cl2N3O. The highest BCUT2D eigenvalue weighted by atomic mass is 35.5. The van der Waals surface area contributed by atoms with Crippen LogP contribution in [0.25, 0.3) is 0 Å². The fraction of sp³-hybridized carbons (Fsp3) is 0.294. The van der Waals surface area contributed by atoms with Gasteiger partial charge in [-0.3, -0.25) is 4.79 Å². The molecule has 0 radical (unpaired) electrons. The first kappa shape index (κ1) is 17.6. The van der Waals surface area contributed by atoms with E-state index in [4.69, 9.17) is 23.2 Å². The van der Waals surface area contributed by atoms with Crippen LogP contribution in [-0.2, 0) is 0 Å². The third-order valence-electron chi connectivity index (χ3n) is 3.31. The van der Waals surface area contributed by atoms with E-state index in [1.54, 1.807) is 30.3 Å². The van der Waals surface area contributed by atoms with Crippen molar-refractivity contribution in [3.63, 3.8) is 0 Å². The molecule has 0 aliphatic rings. The molecule has 1 aromatic heterocycles. The zero-order valence-electron chi connectivity index (χ0n) is 12.9. The molecule has 1 heterocycles. The van der Waals surface area contributed by atoms with Gasteiger partial charge in [-0.15, -0.1) is 0 Å². The fourth-order valence-electron chi connectivity index (χ4n) is 2.03. The number of pyridine rings is 1. The first-order valence-electron chi connectivity index (χ1n) is 7.57. The second kappa shape index (κ2) is 8.75. The molecule has 4 nitrogen and oxygen atoms in total. The summed E-state index contributed by atoms with van der Waals surface area (Å²) in [5.41, 5.74) is 0.850. The minimum atomic E-state index is -0.301. The molecule has 2 rings (SSSR count). The number of amides is 1. The molecule has 6 heteroatoms. The number of halogens is 2. The predicted octanol–water partition coefficient (Wildman–Crippen LogP) is 5.24. The van der Waals surface area contributed by atoms with Gasteiger partial charge in [-0.2, -0.15) is 0 Å². The highest BCUT2D eigenvalue weighted by Gasteiger charge is 2.11. The molecule has 0 spiro atoms. The standard InChI is InChI=1S/C17H19Cl2N3O/c1-2-3-4-10-20-15-9-8-12(11-21-15)17(23)22-16-13(18)6-5-7-14(16)19/h5-9,11H,2-4,10H2,1H3,(H,20,21)(H,22,23). The Kier molecular flexibility index (Phi) is 6.68. The normalized spacial score (nSPS) is 10.4. The average Bonchev–Trinajstić information content (AvgIpc) is 2.55. The van der Waals surface area contributed by atoms with Gasteiger partial charge in [-0.1, -0.05) is 49.0 Å². The summed E-state index contributed by atoms with van der Waals surface area (Å²) in [6, 6.07) is 8.57. The van der Waals surface area contributed by atoms with Crippen LogP contribution in [0.5, 0.6) is 0 Å². The molecule has 0 aliphatic carbocycles. The van der Waals surface area contributed by atoms with Gasteiger partial charge in [0, 0.05) is 12.7 Å². The number of hydrogen-bond donors (Lipinski definition) is 2.